The zero-order valence-corrected chi connectivity index (χ0v) is 15.0. The number of esters is 1. The quantitative estimate of drug-likeness (QED) is 0.598. The summed E-state index contributed by atoms with van der Waals surface area (Å²) in [5.41, 5.74) is 3.62. The van der Waals surface area contributed by atoms with Gasteiger partial charge in [0.1, 0.15) is 17.9 Å². The number of fused-ring (bicyclic) bond motifs is 1. The second-order valence-electron chi connectivity index (χ2n) is 6.39. The van der Waals surface area contributed by atoms with Gasteiger partial charge < -0.3 is 13.9 Å². The van der Waals surface area contributed by atoms with E-state index in [9.17, 15) is 4.79 Å². The van der Waals surface area contributed by atoms with Gasteiger partial charge in [0.05, 0.1) is 7.11 Å². The lowest BCUT2D eigenvalue weighted by molar-refractivity contribution is 0.0437. The maximum absolute atomic E-state index is 12.4. The number of rotatable bonds is 5. The van der Waals surface area contributed by atoms with Crippen molar-refractivity contribution in [1.82, 2.24) is 0 Å². The molecule has 0 radical (unpaired) electrons. The number of ether oxygens (including phenoxy) is 2. The van der Waals surface area contributed by atoms with Crippen LogP contribution in [0.3, 0.4) is 0 Å². The predicted molar refractivity (Wildman–Crippen MR) is 97.2 cm³/mol. The Balaban J connectivity index is 1.75. The van der Waals surface area contributed by atoms with E-state index in [4.69, 9.17) is 13.9 Å². The van der Waals surface area contributed by atoms with Gasteiger partial charge in [-0.3, -0.25) is 0 Å². The summed E-state index contributed by atoms with van der Waals surface area (Å²) in [6.07, 6.45) is 0. The molecule has 25 heavy (non-hydrogen) atoms. The van der Waals surface area contributed by atoms with Gasteiger partial charge in [0.25, 0.3) is 0 Å². The Morgan fingerprint density at radius 2 is 1.84 bits per heavy atom. The molecule has 0 saturated heterocycles. The van der Waals surface area contributed by atoms with Gasteiger partial charge in [-0.15, -0.1) is 0 Å². The van der Waals surface area contributed by atoms with Crippen LogP contribution in [0, 0.1) is 6.92 Å². The summed E-state index contributed by atoms with van der Waals surface area (Å²) in [5, 5.41) is 0.854. The highest BCUT2D eigenvalue weighted by atomic mass is 16.5. The molecule has 1 heterocycles. The number of methoxy groups -OCH3 is 1. The van der Waals surface area contributed by atoms with Crippen molar-refractivity contribution >= 4 is 16.9 Å². The standard InChI is InChI=1S/C21H22O4/c1-13(2)16-7-5-15(6-8-16)12-24-21(22)20-14(3)18-11-17(23-4)9-10-19(18)25-20/h5-11,13H,12H2,1-4H3. The Kier molecular flexibility index (Phi) is 4.79. The Morgan fingerprint density at radius 3 is 2.48 bits per heavy atom. The minimum Gasteiger partial charge on any atom is -0.497 e. The average molecular weight is 338 g/mol. The van der Waals surface area contributed by atoms with E-state index < -0.39 is 5.97 Å². The first kappa shape index (κ1) is 17.1. The molecule has 130 valence electrons. The molecule has 0 amide bonds. The Morgan fingerprint density at radius 1 is 1.12 bits per heavy atom. The second-order valence-corrected chi connectivity index (χ2v) is 6.39. The molecule has 0 spiro atoms. The Bertz CT molecular complexity index is 888. The summed E-state index contributed by atoms with van der Waals surface area (Å²) in [4.78, 5) is 12.4. The fraction of sp³-hybridized carbons (Fsp3) is 0.286. The van der Waals surface area contributed by atoms with Crippen molar-refractivity contribution in [3.8, 4) is 5.75 Å². The third-order valence-corrected chi connectivity index (χ3v) is 4.35. The summed E-state index contributed by atoms with van der Waals surface area (Å²) in [7, 11) is 1.61. The van der Waals surface area contributed by atoms with E-state index >= 15 is 0 Å². The van der Waals surface area contributed by atoms with Crippen LogP contribution < -0.4 is 4.74 Å². The van der Waals surface area contributed by atoms with Crippen molar-refractivity contribution in [3.05, 3.63) is 64.9 Å². The van der Waals surface area contributed by atoms with Gasteiger partial charge in [-0.1, -0.05) is 38.1 Å². The van der Waals surface area contributed by atoms with E-state index in [0.29, 0.717) is 11.5 Å². The Hall–Kier alpha value is -2.75. The maximum atomic E-state index is 12.4. The highest BCUT2D eigenvalue weighted by Gasteiger charge is 2.19. The molecule has 0 saturated carbocycles. The topological polar surface area (TPSA) is 48.7 Å². The highest BCUT2D eigenvalue weighted by Crippen LogP contribution is 2.29. The largest absolute Gasteiger partial charge is 0.497 e. The highest BCUT2D eigenvalue weighted by molar-refractivity contribution is 5.96. The monoisotopic (exact) mass is 338 g/mol. The fourth-order valence-corrected chi connectivity index (χ4v) is 2.73. The first-order valence-electron chi connectivity index (χ1n) is 8.32. The van der Waals surface area contributed by atoms with E-state index in [1.807, 2.05) is 25.1 Å². The summed E-state index contributed by atoms with van der Waals surface area (Å²) >= 11 is 0. The molecule has 0 atom stereocenters. The SMILES string of the molecule is COc1ccc2oc(C(=O)OCc3ccc(C(C)C)cc3)c(C)c2c1. The van der Waals surface area contributed by atoms with Gasteiger partial charge in [-0.25, -0.2) is 4.79 Å². The Labute approximate surface area is 147 Å². The molecule has 3 rings (SSSR count). The third kappa shape index (κ3) is 3.53. The lowest BCUT2D eigenvalue weighted by Crippen LogP contribution is -2.05. The summed E-state index contributed by atoms with van der Waals surface area (Å²) in [6.45, 7) is 6.36. The zero-order valence-electron chi connectivity index (χ0n) is 15.0. The lowest BCUT2D eigenvalue weighted by Gasteiger charge is -2.07. The van der Waals surface area contributed by atoms with Crippen molar-refractivity contribution in [1.29, 1.82) is 0 Å². The summed E-state index contributed by atoms with van der Waals surface area (Å²) in [6, 6.07) is 13.5. The normalized spacial score (nSPS) is 11.1. The number of benzene rings is 2. The number of hydrogen-bond donors (Lipinski definition) is 0. The first-order chi connectivity index (χ1) is 12.0. The van der Waals surface area contributed by atoms with Gasteiger partial charge in [0.2, 0.25) is 5.76 Å². The predicted octanol–water partition coefficient (Wildman–Crippen LogP) is 5.23. The molecular weight excluding hydrogens is 316 g/mol. The van der Waals surface area contributed by atoms with Crippen LogP contribution in [0.25, 0.3) is 11.0 Å². The number of aryl methyl sites for hydroxylation is 1. The molecule has 0 bridgehead atoms. The van der Waals surface area contributed by atoms with Gasteiger partial charge in [0, 0.05) is 10.9 Å². The number of hydrogen-bond acceptors (Lipinski definition) is 4. The summed E-state index contributed by atoms with van der Waals surface area (Å²) in [5.74, 6) is 0.982. The molecule has 1 aromatic heterocycles. The van der Waals surface area contributed by atoms with Gasteiger partial charge >= 0.3 is 5.97 Å². The van der Waals surface area contributed by atoms with Crippen LogP contribution in [0.15, 0.2) is 46.9 Å². The van der Waals surface area contributed by atoms with E-state index in [1.54, 1.807) is 19.2 Å². The molecule has 4 heteroatoms. The van der Waals surface area contributed by atoms with Crippen LogP contribution >= 0.6 is 0 Å². The van der Waals surface area contributed by atoms with Gasteiger partial charge in [0.15, 0.2) is 0 Å². The molecule has 0 fully saturated rings. The van der Waals surface area contributed by atoms with Crippen LogP contribution in [0.5, 0.6) is 5.75 Å². The van der Waals surface area contributed by atoms with E-state index in [0.717, 1.165) is 22.3 Å². The van der Waals surface area contributed by atoms with Gasteiger partial charge in [-0.2, -0.15) is 0 Å². The number of carbonyl (C=O) groups is 1. The van der Waals surface area contributed by atoms with Crippen molar-refractivity contribution < 1.29 is 18.7 Å². The molecule has 4 nitrogen and oxygen atoms in total. The second kappa shape index (κ2) is 7.01. The molecule has 0 aliphatic rings. The molecule has 0 N–H and O–H groups in total. The first-order valence-corrected chi connectivity index (χ1v) is 8.32. The van der Waals surface area contributed by atoms with Crippen molar-refractivity contribution in [2.45, 2.75) is 33.3 Å². The van der Waals surface area contributed by atoms with Crippen LogP contribution in [0.2, 0.25) is 0 Å². The van der Waals surface area contributed by atoms with Crippen molar-refractivity contribution in [2.24, 2.45) is 0 Å². The molecule has 2 aromatic carbocycles. The smallest absolute Gasteiger partial charge is 0.374 e. The molecule has 0 unspecified atom stereocenters. The average Bonchev–Trinajstić information content (AvgIpc) is 2.96. The molecular formula is C21H22O4. The van der Waals surface area contributed by atoms with Crippen LogP contribution in [-0.2, 0) is 11.3 Å². The summed E-state index contributed by atoms with van der Waals surface area (Å²) < 4.78 is 16.3. The van der Waals surface area contributed by atoms with Crippen LogP contribution in [0.1, 0.15) is 47.0 Å². The van der Waals surface area contributed by atoms with Gasteiger partial charge in [-0.05, 0) is 42.2 Å². The molecule has 3 aromatic rings. The van der Waals surface area contributed by atoms with E-state index in [-0.39, 0.29) is 12.4 Å². The fourth-order valence-electron chi connectivity index (χ4n) is 2.73. The number of carbonyl (C=O) groups excluding carboxylic acids is 1. The zero-order chi connectivity index (χ0) is 18.0. The van der Waals surface area contributed by atoms with E-state index in [1.165, 1.54) is 5.56 Å². The molecule has 0 aliphatic heterocycles. The van der Waals surface area contributed by atoms with Crippen molar-refractivity contribution in [2.75, 3.05) is 7.11 Å². The van der Waals surface area contributed by atoms with Crippen LogP contribution in [-0.4, -0.2) is 13.1 Å². The van der Waals surface area contributed by atoms with Crippen LogP contribution in [0.4, 0.5) is 0 Å². The molecule has 0 aliphatic carbocycles. The lowest BCUT2D eigenvalue weighted by atomic mass is 10.0. The van der Waals surface area contributed by atoms with Crippen molar-refractivity contribution in [3.63, 3.8) is 0 Å². The maximum Gasteiger partial charge on any atom is 0.374 e. The minimum atomic E-state index is -0.458. The third-order valence-electron chi connectivity index (χ3n) is 4.35. The number of furan rings is 1. The van der Waals surface area contributed by atoms with E-state index in [2.05, 4.69) is 26.0 Å². The minimum absolute atomic E-state index is 0.219.